The average molecular weight is 267 g/mol. The molecule has 1 saturated carbocycles. The Morgan fingerprint density at radius 1 is 1.26 bits per heavy atom. The van der Waals surface area contributed by atoms with Gasteiger partial charge in [-0.1, -0.05) is 6.92 Å². The molecule has 2 aliphatic rings. The van der Waals surface area contributed by atoms with Gasteiger partial charge in [-0.15, -0.1) is 0 Å². The van der Waals surface area contributed by atoms with Crippen molar-refractivity contribution in [1.29, 1.82) is 0 Å². The minimum Gasteiger partial charge on any atom is -0.339 e. The molecule has 4 heteroatoms. The zero-order chi connectivity index (χ0) is 14.2. The van der Waals surface area contributed by atoms with Crippen LogP contribution in [0, 0.1) is 11.8 Å². The van der Waals surface area contributed by atoms with E-state index in [0.717, 1.165) is 38.9 Å². The molecule has 1 saturated heterocycles. The van der Waals surface area contributed by atoms with Crippen molar-refractivity contribution in [2.75, 3.05) is 26.7 Å². The molecule has 1 aliphatic heterocycles. The first-order chi connectivity index (χ1) is 8.81. The predicted octanol–water partition coefficient (Wildman–Crippen LogP) is 1.30. The second kappa shape index (κ2) is 5.41. The second-order valence-corrected chi connectivity index (χ2v) is 7.15. The fourth-order valence-electron chi connectivity index (χ4n) is 3.47. The van der Waals surface area contributed by atoms with Crippen LogP contribution in [0.1, 0.15) is 40.0 Å². The molecule has 3 unspecified atom stereocenters. The van der Waals surface area contributed by atoms with Gasteiger partial charge >= 0.3 is 0 Å². The molecule has 0 radical (unpaired) electrons. The lowest BCUT2D eigenvalue weighted by Crippen LogP contribution is -2.60. The Morgan fingerprint density at radius 2 is 1.95 bits per heavy atom. The molecule has 0 spiro atoms. The maximum Gasteiger partial charge on any atom is 0.226 e. The molecular formula is C15H29N3O. The quantitative estimate of drug-likeness (QED) is 0.779. The number of piperazine rings is 1. The molecule has 3 atom stereocenters. The number of carbonyl (C=O) groups excluding carboxylic acids is 1. The molecule has 0 aromatic heterocycles. The third kappa shape index (κ3) is 3.11. The smallest absolute Gasteiger partial charge is 0.226 e. The van der Waals surface area contributed by atoms with E-state index >= 15 is 0 Å². The average Bonchev–Trinajstić information content (AvgIpc) is 2.32. The van der Waals surface area contributed by atoms with Crippen LogP contribution in [-0.4, -0.2) is 54.0 Å². The largest absolute Gasteiger partial charge is 0.339 e. The van der Waals surface area contributed by atoms with Crippen molar-refractivity contribution < 1.29 is 4.79 Å². The first-order valence-electron chi connectivity index (χ1n) is 7.57. The summed E-state index contributed by atoms with van der Waals surface area (Å²) in [6.45, 7) is 9.30. The summed E-state index contributed by atoms with van der Waals surface area (Å²) >= 11 is 0. The monoisotopic (exact) mass is 267 g/mol. The molecule has 0 aromatic carbocycles. The molecule has 0 bridgehead atoms. The topological polar surface area (TPSA) is 49.6 Å². The second-order valence-electron chi connectivity index (χ2n) is 7.15. The van der Waals surface area contributed by atoms with E-state index in [1.165, 1.54) is 0 Å². The van der Waals surface area contributed by atoms with Gasteiger partial charge in [0.25, 0.3) is 0 Å². The van der Waals surface area contributed by atoms with E-state index in [1.807, 2.05) is 0 Å². The summed E-state index contributed by atoms with van der Waals surface area (Å²) in [4.78, 5) is 17.2. The van der Waals surface area contributed by atoms with E-state index in [4.69, 9.17) is 5.73 Å². The van der Waals surface area contributed by atoms with Crippen molar-refractivity contribution in [3.63, 3.8) is 0 Å². The lowest BCUT2D eigenvalue weighted by molar-refractivity contribution is -0.143. The molecule has 110 valence electrons. The predicted molar refractivity (Wildman–Crippen MR) is 77.8 cm³/mol. The lowest BCUT2D eigenvalue weighted by Gasteiger charge is -2.47. The molecule has 4 nitrogen and oxygen atoms in total. The molecule has 2 N–H and O–H groups in total. The Labute approximate surface area is 117 Å². The number of likely N-dealkylation sites (N-methyl/N-ethyl adjacent to an activating group) is 1. The Hall–Kier alpha value is -0.610. The minimum absolute atomic E-state index is 0.0855. The first kappa shape index (κ1) is 14.8. The van der Waals surface area contributed by atoms with E-state index < -0.39 is 0 Å². The summed E-state index contributed by atoms with van der Waals surface area (Å²) in [5.41, 5.74) is 6.08. The Balaban J connectivity index is 2.00. The van der Waals surface area contributed by atoms with Crippen LogP contribution in [0.2, 0.25) is 0 Å². The number of rotatable bonds is 1. The van der Waals surface area contributed by atoms with Crippen LogP contribution in [0.5, 0.6) is 0 Å². The van der Waals surface area contributed by atoms with Gasteiger partial charge in [-0.25, -0.2) is 0 Å². The van der Waals surface area contributed by atoms with Gasteiger partial charge in [0.15, 0.2) is 0 Å². The maximum atomic E-state index is 12.7. The molecule has 2 fully saturated rings. The number of nitrogens with two attached hydrogens (primary N) is 1. The van der Waals surface area contributed by atoms with Crippen LogP contribution in [0.4, 0.5) is 0 Å². The standard InChI is InChI=1S/C15H29N3O/c1-11-9-12(16)5-6-13(11)14(19)18-8-7-17(4)15(2,3)10-18/h11-13H,5-10,16H2,1-4H3. The lowest BCUT2D eigenvalue weighted by atomic mass is 9.77. The van der Waals surface area contributed by atoms with Crippen LogP contribution >= 0.6 is 0 Å². The van der Waals surface area contributed by atoms with E-state index in [9.17, 15) is 4.79 Å². The third-order valence-corrected chi connectivity index (χ3v) is 5.16. The van der Waals surface area contributed by atoms with Gasteiger partial charge in [-0.2, -0.15) is 0 Å². The van der Waals surface area contributed by atoms with Crippen molar-refractivity contribution in [3.05, 3.63) is 0 Å². The first-order valence-corrected chi connectivity index (χ1v) is 7.57. The number of amides is 1. The Kier molecular flexibility index (Phi) is 4.21. The van der Waals surface area contributed by atoms with Gasteiger partial charge in [0, 0.05) is 37.1 Å². The van der Waals surface area contributed by atoms with E-state index in [2.05, 4.69) is 37.6 Å². The number of hydrogen-bond acceptors (Lipinski definition) is 3. The molecule has 0 aromatic rings. The summed E-state index contributed by atoms with van der Waals surface area (Å²) in [5.74, 6) is 0.985. The van der Waals surface area contributed by atoms with Crippen molar-refractivity contribution in [3.8, 4) is 0 Å². The fraction of sp³-hybridized carbons (Fsp3) is 0.933. The number of nitrogens with zero attached hydrogens (tertiary/aromatic N) is 2. The van der Waals surface area contributed by atoms with Crippen LogP contribution in [0.15, 0.2) is 0 Å². The van der Waals surface area contributed by atoms with Crippen molar-refractivity contribution in [1.82, 2.24) is 9.80 Å². The minimum atomic E-state index is 0.0855. The highest BCUT2D eigenvalue weighted by Gasteiger charge is 2.38. The molecule has 2 rings (SSSR count). The maximum absolute atomic E-state index is 12.7. The molecular weight excluding hydrogens is 238 g/mol. The normalized spacial score (nSPS) is 36.3. The Morgan fingerprint density at radius 3 is 2.53 bits per heavy atom. The SMILES string of the molecule is CC1CC(N)CCC1C(=O)N1CCN(C)C(C)(C)C1. The number of hydrogen-bond donors (Lipinski definition) is 1. The summed E-state index contributed by atoms with van der Waals surface area (Å²) in [7, 11) is 2.14. The highest BCUT2D eigenvalue weighted by atomic mass is 16.2. The highest BCUT2D eigenvalue weighted by Crippen LogP contribution is 2.32. The summed E-state index contributed by atoms with van der Waals surface area (Å²) in [6, 6.07) is 0.294. The van der Waals surface area contributed by atoms with Crippen LogP contribution in [0.3, 0.4) is 0 Å². The van der Waals surface area contributed by atoms with Crippen molar-refractivity contribution in [2.45, 2.75) is 51.6 Å². The van der Waals surface area contributed by atoms with Crippen LogP contribution < -0.4 is 5.73 Å². The van der Waals surface area contributed by atoms with Gasteiger partial charge in [0.1, 0.15) is 0 Å². The van der Waals surface area contributed by atoms with Crippen LogP contribution in [-0.2, 0) is 4.79 Å². The highest BCUT2D eigenvalue weighted by molar-refractivity contribution is 5.79. The van der Waals surface area contributed by atoms with Gasteiger partial charge in [0.2, 0.25) is 5.91 Å². The molecule has 19 heavy (non-hydrogen) atoms. The summed E-state index contributed by atoms with van der Waals surface area (Å²) < 4.78 is 0. The van der Waals surface area contributed by atoms with Gasteiger partial charge in [0.05, 0.1) is 0 Å². The number of carbonyl (C=O) groups is 1. The van der Waals surface area contributed by atoms with Crippen molar-refractivity contribution >= 4 is 5.91 Å². The fourth-order valence-corrected chi connectivity index (χ4v) is 3.47. The molecule has 1 amide bonds. The van der Waals surface area contributed by atoms with Crippen molar-refractivity contribution in [2.24, 2.45) is 17.6 Å². The van der Waals surface area contributed by atoms with Crippen LogP contribution in [0.25, 0.3) is 0 Å². The van der Waals surface area contributed by atoms with Gasteiger partial charge in [-0.3, -0.25) is 9.69 Å². The third-order valence-electron chi connectivity index (χ3n) is 5.16. The molecule has 1 aliphatic carbocycles. The van der Waals surface area contributed by atoms with E-state index in [0.29, 0.717) is 17.9 Å². The Bertz CT molecular complexity index is 342. The zero-order valence-corrected chi connectivity index (χ0v) is 12.9. The summed E-state index contributed by atoms with van der Waals surface area (Å²) in [5, 5.41) is 0. The van der Waals surface area contributed by atoms with Gasteiger partial charge < -0.3 is 10.6 Å². The van der Waals surface area contributed by atoms with E-state index in [1.54, 1.807) is 0 Å². The molecule has 1 heterocycles. The van der Waals surface area contributed by atoms with E-state index in [-0.39, 0.29) is 11.5 Å². The summed E-state index contributed by atoms with van der Waals surface area (Å²) in [6.07, 6.45) is 2.96. The zero-order valence-electron chi connectivity index (χ0n) is 12.9. The van der Waals surface area contributed by atoms with Gasteiger partial charge in [-0.05, 0) is 46.1 Å².